The zero-order valence-corrected chi connectivity index (χ0v) is 19.6. The minimum atomic E-state index is -0.547. The second-order valence-corrected chi connectivity index (χ2v) is 8.19. The first-order chi connectivity index (χ1) is 15.9. The standard InChI is InChI=1S/C26H21Cl2NO4/c1-3-31-24-13-18(8-11-23(24)32-15-17-6-4-16(2)5-7-17)12-22-26(30)33-25(29-22)19-9-10-20(27)21(28)14-19/h4-14H,3,15H2,1-2H3/b22-12-. The Kier molecular flexibility index (Phi) is 7.02. The number of carbonyl (C=O) groups is 1. The highest BCUT2D eigenvalue weighted by molar-refractivity contribution is 6.42. The topological polar surface area (TPSA) is 57.1 Å². The number of benzene rings is 3. The van der Waals surface area contributed by atoms with Crippen molar-refractivity contribution in [2.24, 2.45) is 4.99 Å². The quantitative estimate of drug-likeness (QED) is 0.280. The second-order valence-electron chi connectivity index (χ2n) is 7.38. The Hall–Kier alpha value is -3.28. The second kappa shape index (κ2) is 10.1. The lowest BCUT2D eigenvalue weighted by Gasteiger charge is -2.13. The molecule has 0 saturated heterocycles. The molecule has 4 rings (SSSR count). The fourth-order valence-corrected chi connectivity index (χ4v) is 3.47. The molecule has 0 atom stereocenters. The molecule has 0 saturated carbocycles. The van der Waals surface area contributed by atoms with E-state index < -0.39 is 5.97 Å². The number of carbonyl (C=O) groups excluding carboxylic acids is 1. The first-order valence-corrected chi connectivity index (χ1v) is 11.1. The molecule has 3 aromatic carbocycles. The van der Waals surface area contributed by atoms with Gasteiger partial charge >= 0.3 is 5.97 Å². The fourth-order valence-electron chi connectivity index (χ4n) is 3.17. The molecule has 0 unspecified atom stereocenters. The van der Waals surface area contributed by atoms with Crippen molar-refractivity contribution in [3.63, 3.8) is 0 Å². The van der Waals surface area contributed by atoms with E-state index in [-0.39, 0.29) is 11.6 Å². The Labute approximate surface area is 202 Å². The van der Waals surface area contributed by atoms with Crippen LogP contribution in [0.3, 0.4) is 0 Å². The smallest absolute Gasteiger partial charge is 0.363 e. The van der Waals surface area contributed by atoms with Crippen LogP contribution < -0.4 is 9.47 Å². The molecular formula is C26H21Cl2NO4. The van der Waals surface area contributed by atoms with Gasteiger partial charge in [0.05, 0.1) is 16.7 Å². The van der Waals surface area contributed by atoms with Gasteiger partial charge in [0.15, 0.2) is 17.2 Å². The number of ether oxygens (including phenoxy) is 3. The fraction of sp³-hybridized carbons (Fsp3) is 0.154. The molecule has 0 spiro atoms. The third-order valence-corrected chi connectivity index (χ3v) is 5.61. The van der Waals surface area contributed by atoms with Gasteiger partial charge in [-0.3, -0.25) is 0 Å². The molecule has 0 bridgehead atoms. The molecular weight excluding hydrogens is 461 g/mol. The van der Waals surface area contributed by atoms with Gasteiger partial charge in [-0.2, -0.15) is 0 Å². The van der Waals surface area contributed by atoms with Crippen LogP contribution in [0.5, 0.6) is 11.5 Å². The number of halogens is 2. The molecule has 0 aliphatic carbocycles. The summed E-state index contributed by atoms with van der Waals surface area (Å²) in [5.41, 5.74) is 3.73. The average molecular weight is 482 g/mol. The monoisotopic (exact) mass is 481 g/mol. The van der Waals surface area contributed by atoms with Gasteiger partial charge in [0.25, 0.3) is 0 Å². The lowest BCUT2D eigenvalue weighted by molar-refractivity contribution is -0.129. The van der Waals surface area contributed by atoms with E-state index in [4.69, 9.17) is 37.4 Å². The van der Waals surface area contributed by atoms with Crippen molar-refractivity contribution in [3.8, 4) is 11.5 Å². The van der Waals surface area contributed by atoms with Crippen molar-refractivity contribution in [1.29, 1.82) is 0 Å². The number of nitrogens with zero attached hydrogens (tertiary/aromatic N) is 1. The van der Waals surface area contributed by atoms with Crippen molar-refractivity contribution >= 4 is 41.1 Å². The number of rotatable bonds is 7. The Morgan fingerprint density at radius 3 is 2.45 bits per heavy atom. The van der Waals surface area contributed by atoms with Crippen LogP contribution in [-0.4, -0.2) is 18.5 Å². The number of aliphatic imine (C=N–C) groups is 1. The highest BCUT2D eigenvalue weighted by Gasteiger charge is 2.24. The van der Waals surface area contributed by atoms with Crippen molar-refractivity contribution in [1.82, 2.24) is 0 Å². The summed E-state index contributed by atoms with van der Waals surface area (Å²) in [5, 5.41) is 0.766. The largest absolute Gasteiger partial charge is 0.490 e. The molecule has 1 heterocycles. The Bertz CT molecular complexity index is 1250. The normalized spacial score (nSPS) is 14.2. The minimum Gasteiger partial charge on any atom is -0.490 e. The number of aryl methyl sites for hydroxylation is 1. The number of esters is 1. The maximum atomic E-state index is 12.4. The molecule has 1 aliphatic heterocycles. The van der Waals surface area contributed by atoms with Crippen molar-refractivity contribution < 1.29 is 19.0 Å². The van der Waals surface area contributed by atoms with Crippen LogP contribution in [0.15, 0.2) is 71.4 Å². The third kappa shape index (κ3) is 5.56. The van der Waals surface area contributed by atoms with Crippen LogP contribution in [0.4, 0.5) is 0 Å². The summed E-state index contributed by atoms with van der Waals surface area (Å²) >= 11 is 12.0. The van der Waals surface area contributed by atoms with Gasteiger partial charge in [-0.15, -0.1) is 0 Å². The first-order valence-electron chi connectivity index (χ1n) is 10.4. The van der Waals surface area contributed by atoms with Crippen LogP contribution in [-0.2, 0) is 16.1 Å². The molecule has 0 N–H and O–H groups in total. The van der Waals surface area contributed by atoms with Gasteiger partial charge in [0, 0.05) is 5.56 Å². The third-order valence-electron chi connectivity index (χ3n) is 4.87. The summed E-state index contributed by atoms with van der Waals surface area (Å²) in [5.74, 6) is 0.828. The van der Waals surface area contributed by atoms with Crippen LogP contribution in [0.1, 0.15) is 29.2 Å². The van der Waals surface area contributed by atoms with E-state index in [1.54, 1.807) is 30.3 Å². The number of cyclic esters (lactones) is 1. The zero-order valence-electron chi connectivity index (χ0n) is 18.1. The van der Waals surface area contributed by atoms with E-state index in [0.29, 0.717) is 40.3 Å². The van der Waals surface area contributed by atoms with Gasteiger partial charge in [-0.25, -0.2) is 9.79 Å². The van der Waals surface area contributed by atoms with Crippen molar-refractivity contribution in [2.45, 2.75) is 20.5 Å². The zero-order chi connectivity index (χ0) is 23.4. The molecule has 1 aliphatic rings. The summed E-state index contributed by atoms with van der Waals surface area (Å²) < 4.78 is 17.0. The van der Waals surface area contributed by atoms with E-state index in [0.717, 1.165) is 11.1 Å². The summed E-state index contributed by atoms with van der Waals surface area (Å²) in [4.78, 5) is 16.7. The summed E-state index contributed by atoms with van der Waals surface area (Å²) in [7, 11) is 0. The van der Waals surface area contributed by atoms with Gasteiger partial charge < -0.3 is 14.2 Å². The molecule has 0 radical (unpaired) electrons. The maximum Gasteiger partial charge on any atom is 0.363 e. The van der Waals surface area contributed by atoms with Crippen molar-refractivity contribution in [2.75, 3.05) is 6.61 Å². The molecule has 0 fully saturated rings. The van der Waals surface area contributed by atoms with Crippen LogP contribution in [0.25, 0.3) is 6.08 Å². The Morgan fingerprint density at radius 1 is 0.939 bits per heavy atom. The highest BCUT2D eigenvalue weighted by Crippen LogP contribution is 2.31. The molecule has 5 nitrogen and oxygen atoms in total. The summed E-state index contributed by atoms with van der Waals surface area (Å²) in [6.45, 7) is 4.84. The summed E-state index contributed by atoms with van der Waals surface area (Å²) in [6, 6.07) is 18.5. The molecule has 3 aromatic rings. The van der Waals surface area contributed by atoms with E-state index in [1.165, 1.54) is 5.56 Å². The number of hydrogen-bond acceptors (Lipinski definition) is 5. The highest BCUT2D eigenvalue weighted by atomic mass is 35.5. The molecule has 168 valence electrons. The van der Waals surface area contributed by atoms with E-state index in [2.05, 4.69) is 4.99 Å². The minimum absolute atomic E-state index is 0.173. The van der Waals surface area contributed by atoms with Gasteiger partial charge in [0.1, 0.15) is 6.61 Å². The predicted octanol–water partition coefficient (Wildman–Crippen LogP) is 6.62. The number of hydrogen-bond donors (Lipinski definition) is 0. The lowest BCUT2D eigenvalue weighted by atomic mass is 10.1. The van der Waals surface area contributed by atoms with E-state index in [9.17, 15) is 4.79 Å². The van der Waals surface area contributed by atoms with E-state index >= 15 is 0 Å². The Morgan fingerprint density at radius 2 is 1.73 bits per heavy atom. The van der Waals surface area contributed by atoms with Gasteiger partial charge in [0.2, 0.25) is 5.90 Å². The Balaban J connectivity index is 1.56. The molecule has 0 amide bonds. The van der Waals surface area contributed by atoms with Crippen LogP contribution in [0, 0.1) is 6.92 Å². The van der Waals surface area contributed by atoms with Crippen LogP contribution >= 0.6 is 23.2 Å². The molecule has 33 heavy (non-hydrogen) atoms. The molecule has 7 heteroatoms. The maximum absolute atomic E-state index is 12.4. The van der Waals surface area contributed by atoms with Gasteiger partial charge in [-0.1, -0.05) is 59.1 Å². The SMILES string of the molecule is CCOc1cc(/C=C2\N=C(c3ccc(Cl)c(Cl)c3)OC2=O)ccc1OCc1ccc(C)cc1. The van der Waals surface area contributed by atoms with Crippen LogP contribution in [0.2, 0.25) is 10.0 Å². The van der Waals surface area contributed by atoms with Crippen molar-refractivity contribution in [3.05, 3.63) is 98.7 Å². The molecule has 0 aromatic heterocycles. The average Bonchev–Trinajstić information content (AvgIpc) is 3.16. The summed E-state index contributed by atoms with van der Waals surface area (Å²) in [6.07, 6.45) is 1.64. The van der Waals surface area contributed by atoms with E-state index in [1.807, 2.05) is 50.2 Å². The lowest BCUT2D eigenvalue weighted by Crippen LogP contribution is -2.05. The van der Waals surface area contributed by atoms with Gasteiger partial charge in [-0.05, 0) is 61.4 Å². The predicted molar refractivity (Wildman–Crippen MR) is 130 cm³/mol. The first kappa shape index (κ1) is 22.9.